The number of ether oxygens (including phenoxy) is 1. The minimum atomic E-state index is 0.560. The van der Waals surface area contributed by atoms with Gasteiger partial charge in [0.1, 0.15) is 17.3 Å². The smallest absolute Gasteiger partial charge is 0.137 e. The Balaban J connectivity index is 1.29. The number of benzene rings is 4. The van der Waals surface area contributed by atoms with Crippen molar-refractivity contribution in [1.29, 1.82) is 0 Å². The summed E-state index contributed by atoms with van der Waals surface area (Å²) in [5.74, 6) is 3.57. The zero-order valence-electron chi connectivity index (χ0n) is 34.2. The predicted octanol–water partition coefficient (Wildman–Crippen LogP) is 13.4. The molecule has 0 unspecified atom stereocenters. The average molecular weight is 731 g/mol. The summed E-state index contributed by atoms with van der Waals surface area (Å²) in [6, 6.07) is 27.4. The molecule has 5 heteroatoms. The van der Waals surface area contributed by atoms with Crippen molar-refractivity contribution < 1.29 is 4.74 Å². The van der Waals surface area contributed by atoms with Gasteiger partial charge in [0, 0.05) is 40.9 Å². The maximum absolute atomic E-state index is 6.62. The van der Waals surface area contributed by atoms with E-state index in [0.29, 0.717) is 11.8 Å². The third-order valence-electron chi connectivity index (χ3n) is 10.7. The summed E-state index contributed by atoms with van der Waals surface area (Å²) in [7, 11) is 0. The van der Waals surface area contributed by atoms with E-state index in [0.717, 1.165) is 79.0 Å². The number of para-hydroxylation sites is 1. The molecular weight excluding hydrogens is 673 g/mol. The normalized spacial score (nSPS) is 11.8. The van der Waals surface area contributed by atoms with Crippen molar-refractivity contribution in [2.75, 3.05) is 0 Å². The van der Waals surface area contributed by atoms with Crippen LogP contribution in [0, 0.1) is 18.8 Å². The highest BCUT2D eigenvalue weighted by Gasteiger charge is 2.25. The van der Waals surface area contributed by atoms with Gasteiger partial charge in [-0.25, -0.2) is 9.67 Å². The van der Waals surface area contributed by atoms with Crippen LogP contribution in [0.2, 0.25) is 0 Å². The molecule has 4 aromatic carbocycles. The fraction of sp³-hybridized carbons (Fsp3) is 0.360. The number of hydrogen-bond donors (Lipinski definition) is 0. The zero-order chi connectivity index (χ0) is 38.6. The number of hydrogen-bond acceptors (Lipinski definition) is 3. The van der Waals surface area contributed by atoms with Gasteiger partial charge in [-0.2, -0.15) is 5.10 Å². The summed E-state index contributed by atoms with van der Waals surface area (Å²) >= 11 is 0. The van der Waals surface area contributed by atoms with Gasteiger partial charge in [0.15, 0.2) is 0 Å². The largest absolute Gasteiger partial charge is 0.457 e. The van der Waals surface area contributed by atoms with Crippen LogP contribution < -0.4 is 4.74 Å². The average Bonchev–Trinajstić information content (AvgIpc) is 3.77. The van der Waals surface area contributed by atoms with Crippen LogP contribution in [-0.4, -0.2) is 19.3 Å². The Kier molecular flexibility index (Phi) is 11.6. The minimum Gasteiger partial charge on any atom is -0.457 e. The van der Waals surface area contributed by atoms with Crippen molar-refractivity contribution in [2.45, 2.75) is 107 Å². The summed E-state index contributed by atoms with van der Waals surface area (Å²) < 4.78 is 10.9. The summed E-state index contributed by atoms with van der Waals surface area (Å²) in [5, 5.41) is 7.40. The fourth-order valence-electron chi connectivity index (χ4n) is 8.62. The van der Waals surface area contributed by atoms with Gasteiger partial charge in [0.05, 0.1) is 22.9 Å². The van der Waals surface area contributed by atoms with Crippen LogP contribution in [-0.2, 0) is 32.1 Å². The summed E-state index contributed by atoms with van der Waals surface area (Å²) in [4.78, 5) is 4.76. The Morgan fingerprint density at radius 2 is 1.27 bits per heavy atom. The van der Waals surface area contributed by atoms with Crippen molar-refractivity contribution in [3.8, 4) is 34.1 Å². The molecule has 0 fully saturated rings. The highest BCUT2D eigenvalue weighted by molar-refractivity contribution is 6.09. The molecule has 0 radical (unpaired) electrons. The number of aryl methyl sites for hydroxylation is 1. The van der Waals surface area contributed by atoms with E-state index in [1.807, 2.05) is 23.0 Å². The second-order valence-electron chi connectivity index (χ2n) is 16.2. The third kappa shape index (κ3) is 7.85. The zero-order valence-corrected chi connectivity index (χ0v) is 34.2. The molecule has 3 heterocycles. The summed E-state index contributed by atoms with van der Waals surface area (Å²) in [5.41, 5.74) is 15.0. The lowest BCUT2D eigenvalue weighted by molar-refractivity contribution is 0.483. The van der Waals surface area contributed by atoms with Crippen LogP contribution in [0.5, 0.6) is 11.5 Å². The van der Waals surface area contributed by atoms with Gasteiger partial charge in [0.25, 0.3) is 0 Å². The SMILES string of the molecule is CCCc1c(CCC)c(CC(C)C)c(-c2cnn(-c3cccc(Oc4ccc5c6ccccc6n(-c6cc(C)ccn6)c5c4)c3)c2)c(CC(C)C)c1CCC. The van der Waals surface area contributed by atoms with Gasteiger partial charge in [0.2, 0.25) is 0 Å². The van der Waals surface area contributed by atoms with Crippen LogP contribution in [0.3, 0.4) is 0 Å². The van der Waals surface area contributed by atoms with E-state index in [-0.39, 0.29) is 0 Å². The first-order valence-electron chi connectivity index (χ1n) is 20.7. The van der Waals surface area contributed by atoms with E-state index >= 15 is 0 Å². The molecule has 0 spiro atoms. The maximum Gasteiger partial charge on any atom is 0.137 e. The molecule has 0 N–H and O–H groups in total. The number of rotatable bonds is 15. The monoisotopic (exact) mass is 730 g/mol. The molecule has 0 aliphatic carbocycles. The first-order chi connectivity index (χ1) is 26.7. The van der Waals surface area contributed by atoms with Crippen molar-refractivity contribution in [1.82, 2.24) is 19.3 Å². The maximum atomic E-state index is 6.62. The standard InChI is InChI=1S/C50H58N4O/c1-9-15-40-41(16-10-2)45(26-33(4)5)50(46(27-34(6)7)42(40)17-11-3)36-31-52-53(32-36)37-18-14-19-38(29-37)55-39-22-23-44-43-20-12-13-21-47(43)54(48(44)30-39)49-28-35(8)24-25-51-49/h12-14,18-25,28-34H,9-11,15-17,26-27H2,1-8H3. The number of nitrogens with zero attached hydrogens (tertiary/aromatic N) is 4. The summed E-state index contributed by atoms with van der Waals surface area (Å²) in [6.07, 6.45) is 15.3. The van der Waals surface area contributed by atoms with E-state index < -0.39 is 0 Å². The van der Waals surface area contributed by atoms with Crippen LogP contribution in [0.4, 0.5) is 0 Å². The Labute approximate surface area is 328 Å². The van der Waals surface area contributed by atoms with Crippen LogP contribution >= 0.6 is 0 Å². The molecular formula is C50H58N4O. The lowest BCUT2D eigenvalue weighted by atomic mass is 9.76. The quantitative estimate of drug-likeness (QED) is 0.105. The van der Waals surface area contributed by atoms with Gasteiger partial charge in [-0.15, -0.1) is 0 Å². The highest BCUT2D eigenvalue weighted by Crippen LogP contribution is 2.41. The van der Waals surface area contributed by atoms with Gasteiger partial charge >= 0.3 is 0 Å². The van der Waals surface area contributed by atoms with E-state index in [4.69, 9.17) is 14.8 Å². The van der Waals surface area contributed by atoms with E-state index in [9.17, 15) is 0 Å². The van der Waals surface area contributed by atoms with E-state index in [1.54, 1.807) is 27.8 Å². The molecule has 0 amide bonds. The van der Waals surface area contributed by atoms with E-state index in [2.05, 4.69) is 139 Å². The molecule has 3 aromatic heterocycles. The molecule has 55 heavy (non-hydrogen) atoms. The molecule has 284 valence electrons. The molecule has 0 atom stereocenters. The number of fused-ring (bicyclic) bond motifs is 3. The number of pyridine rings is 1. The molecule has 0 aliphatic rings. The molecule has 0 bridgehead atoms. The van der Waals surface area contributed by atoms with Crippen molar-refractivity contribution in [3.63, 3.8) is 0 Å². The van der Waals surface area contributed by atoms with Crippen LogP contribution in [0.1, 0.15) is 101 Å². The summed E-state index contributed by atoms with van der Waals surface area (Å²) in [6.45, 7) is 18.6. The molecule has 0 saturated heterocycles. The Bertz CT molecular complexity index is 2390. The lowest BCUT2D eigenvalue weighted by Gasteiger charge is -2.28. The van der Waals surface area contributed by atoms with Gasteiger partial charge in [-0.1, -0.05) is 92.0 Å². The second-order valence-corrected chi connectivity index (χ2v) is 16.2. The third-order valence-corrected chi connectivity index (χ3v) is 10.7. The Morgan fingerprint density at radius 3 is 1.93 bits per heavy atom. The molecule has 7 aromatic rings. The predicted molar refractivity (Wildman–Crippen MR) is 231 cm³/mol. The highest BCUT2D eigenvalue weighted by atomic mass is 16.5. The molecule has 0 saturated carbocycles. The second kappa shape index (κ2) is 16.7. The van der Waals surface area contributed by atoms with Crippen molar-refractivity contribution in [3.05, 3.63) is 131 Å². The van der Waals surface area contributed by atoms with Crippen LogP contribution in [0.15, 0.2) is 97.5 Å². The minimum absolute atomic E-state index is 0.560. The Morgan fingerprint density at radius 1 is 0.636 bits per heavy atom. The number of aromatic nitrogens is 4. The van der Waals surface area contributed by atoms with Crippen molar-refractivity contribution >= 4 is 21.8 Å². The molecule has 0 aliphatic heterocycles. The fourth-order valence-corrected chi connectivity index (χ4v) is 8.62. The molecule has 7 rings (SSSR count). The first kappa shape index (κ1) is 38.1. The topological polar surface area (TPSA) is 44.9 Å². The first-order valence-corrected chi connectivity index (χ1v) is 20.7. The molecule has 5 nitrogen and oxygen atoms in total. The van der Waals surface area contributed by atoms with E-state index in [1.165, 1.54) is 33.9 Å². The van der Waals surface area contributed by atoms with Crippen LogP contribution in [0.25, 0.3) is 44.4 Å². The Hall–Kier alpha value is -5.16. The van der Waals surface area contributed by atoms with Gasteiger partial charge in [-0.3, -0.25) is 4.57 Å². The van der Waals surface area contributed by atoms with Gasteiger partial charge < -0.3 is 4.74 Å². The lowest BCUT2D eigenvalue weighted by Crippen LogP contribution is -2.15. The van der Waals surface area contributed by atoms with Gasteiger partial charge in [-0.05, 0) is 132 Å². The van der Waals surface area contributed by atoms with Crippen molar-refractivity contribution in [2.24, 2.45) is 11.8 Å².